The maximum atomic E-state index is 13.5. The van der Waals surface area contributed by atoms with Crippen LogP contribution >= 0.6 is 0 Å². The first-order valence-electron chi connectivity index (χ1n) is 10.3. The van der Waals surface area contributed by atoms with Crippen LogP contribution in [0.1, 0.15) is 42.4 Å². The first kappa shape index (κ1) is 18.2. The van der Waals surface area contributed by atoms with Gasteiger partial charge in [0.25, 0.3) is 0 Å². The van der Waals surface area contributed by atoms with Crippen LogP contribution in [-0.2, 0) is 16.8 Å². The van der Waals surface area contributed by atoms with Crippen LogP contribution in [0.3, 0.4) is 0 Å². The zero-order chi connectivity index (χ0) is 18.7. The van der Waals surface area contributed by atoms with Gasteiger partial charge in [-0.05, 0) is 30.9 Å². The van der Waals surface area contributed by atoms with Crippen molar-refractivity contribution in [3.8, 4) is 0 Å². The van der Waals surface area contributed by atoms with Crippen molar-refractivity contribution in [3.63, 3.8) is 0 Å². The normalized spacial score (nSPS) is 20.0. The summed E-state index contributed by atoms with van der Waals surface area (Å²) in [6.07, 6.45) is 4.32. The fourth-order valence-corrected chi connectivity index (χ4v) is 4.84. The molecule has 1 saturated carbocycles. The van der Waals surface area contributed by atoms with Gasteiger partial charge in [0.15, 0.2) is 0 Å². The first-order chi connectivity index (χ1) is 13.2. The number of carbonyl (C=O) groups excluding carboxylic acids is 1. The molecular weight excluding hydrogens is 332 g/mol. The lowest BCUT2D eigenvalue weighted by atomic mass is 9.77. The Balaban J connectivity index is 1.42. The van der Waals surface area contributed by atoms with Gasteiger partial charge in [-0.15, -0.1) is 0 Å². The second-order valence-electron chi connectivity index (χ2n) is 8.21. The molecule has 0 atom stereocenters. The molecule has 1 heterocycles. The molecule has 4 rings (SSSR count). The van der Waals surface area contributed by atoms with Crippen LogP contribution in [0.15, 0.2) is 54.6 Å². The van der Waals surface area contributed by atoms with E-state index in [-0.39, 0.29) is 5.41 Å². The van der Waals surface area contributed by atoms with Gasteiger partial charge in [-0.2, -0.15) is 0 Å². The van der Waals surface area contributed by atoms with Crippen molar-refractivity contribution < 1.29 is 4.79 Å². The number of aryl methyl sites for hydroxylation is 1. The number of nitrogens with zero attached hydrogens (tertiary/aromatic N) is 2. The third kappa shape index (κ3) is 3.79. The molecule has 27 heavy (non-hydrogen) atoms. The summed E-state index contributed by atoms with van der Waals surface area (Å²) >= 11 is 0. The molecule has 1 amide bonds. The largest absolute Gasteiger partial charge is 0.339 e. The number of rotatable bonds is 4. The van der Waals surface area contributed by atoms with E-state index in [0.717, 1.165) is 58.4 Å². The van der Waals surface area contributed by atoms with E-state index in [1.807, 2.05) is 6.07 Å². The fourth-order valence-electron chi connectivity index (χ4n) is 4.84. The van der Waals surface area contributed by atoms with Gasteiger partial charge >= 0.3 is 0 Å². The van der Waals surface area contributed by atoms with Crippen molar-refractivity contribution in [1.29, 1.82) is 0 Å². The highest BCUT2D eigenvalue weighted by Gasteiger charge is 2.45. The average Bonchev–Trinajstić information content (AvgIpc) is 3.20. The number of hydrogen-bond donors (Lipinski definition) is 0. The molecule has 2 aliphatic rings. The lowest BCUT2D eigenvalue weighted by Crippen LogP contribution is -2.53. The van der Waals surface area contributed by atoms with E-state index in [1.54, 1.807) is 0 Å². The van der Waals surface area contributed by atoms with Gasteiger partial charge in [-0.3, -0.25) is 9.69 Å². The van der Waals surface area contributed by atoms with Gasteiger partial charge in [-0.25, -0.2) is 0 Å². The van der Waals surface area contributed by atoms with Crippen LogP contribution in [0.25, 0.3) is 0 Å². The van der Waals surface area contributed by atoms with Gasteiger partial charge in [0.05, 0.1) is 5.41 Å². The van der Waals surface area contributed by atoms with E-state index in [4.69, 9.17) is 0 Å². The fraction of sp³-hybridized carbons (Fsp3) is 0.458. The minimum absolute atomic E-state index is 0.278. The van der Waals surface area contributed by atoms with Crippen molar-refractivity contribution >= 4 is 5.91 Å². The van der Waals surface area contributed by atoms with E-state index < -0.39 is 0 Å². The molecule has 0 aromatic heterocycles. The smallest absolute Gasteiger partial charge is 0.233 e. The second-order valence-corrected chi connectivity index (χ2v) is 8.21. The number of benzene rings is 2. The zero-order valence-electron chi connectivity index (χ0n) is 16.4. The number of carbonyl (C=O) groups is 1. The summed E-state index contributed by atoms with van der Waals surface area (Å²) in [7, 11) is 0. The molecule has 0 bridgehead atoms. The third-order valence-corrected chi connectivity index (χ3v) is 6.34. The Bertz CT molecular complexity index is 772. The molecule has 1 saturated heterocycles. The summed E-state index contributed by atoms with van der Waals surface area (Å²) in [5.41, 5.74) is 3.62. The first-order valence-corrected chi connectivity index (χ1v) is 10.3. The Kier molecular flexibility index (Phi) is 5.31. The van der Waals surface area contributed by atoms with Gasteiger partial charge in [-0.1, -0.05) is 73.0 Å². The molecule has 0 radical (unpaired) electrons. The highest BCUT2D eigenvalue weighted by molar-refractivity contribution is 5.88. The summed E-state index contributed by atoms with van der Waals surface area (Å²) in [4.78, 5) is 18.1. The minimum Gasteiger partial charge on any atom is -0.339 e. The molecule has 2 aromatic rings. The summed E-state index contributed by atoms with van der Waals surface area (Å²) in [5, 5.41) is 0. The van der Waals surface area contributed by atoms with Crippen LogP contribution < -0.4 is 0 Å². The Morgan fingerprint density at radius 2 is 1.63 bits per heavy atom. The van der Waals surface area contributed by atoms with E-state index in [1.165, 1.54) is 16.7 Å². The predicted molar refractivity (Wildman–Crippen MR) is 110 cm³/mol. The molecule has 1 aliphatic heterocycles. The monoisotopic (exact) mass is 362 g/mol. The Morgan fingerprint density at radius 1 is 0.926 bits per heavy atom. The number of piperazine rings is 1. The van der Waals surface area contributed by atoms with E-state index in [0.29, 0.717) is 5.91 Å². The molecule has 2 fully saturated rings. The summed E-state index contributed by atoms with van der Waals surface area (Å²) in [5.74, 6) is 0.362. The van der Waals surface area contributed by atoms with E-state index >= 15 is 0 Å². The van der Waals surface area contributed by atoms with E-state index in [2.05, 4.69) is 65.3 Å². The molecule has 3 nitrogen and oxygen atoms in total. The molecule has 0 N–H and O–H groups in total. The van der Waals surface area contributed by atoms with Crippen LogP contribution in [0.5, 0.6) is 0 Å². The minimum atomic E-state index is -0.278. The van der Waals surface area contributed by atoms with Gasteiger partial charge in [0.2, 0.25) is 5.91 Å². The Hall–Kier alpha value is -2.13. The maximum absolute atomic E-state index is 13.5. The SMILES string of the molecule is Cc1cccc(CN2CCN(C(=O)C3(c4ccccc4)CCCC3)CC2)c1. The van der Waals surface area contributed by atoms with Crippen LogP contribution in [0.4, 0.5) is 0 Å². The van der Waals surface area contributed by atoms with Gasteiger partial charge < -0.3 is 4.90 Å². The van der Waals surface area contributed by atoms with Crippen molar-refractivity contribution in [2.75, 3.05) is 26.2 Å². The van der Waals surface area contributed by atoms with Crippen molar-refractivity contribution in [3.05, 3.63) is 71.3 Å². The molecule has 1 aliphatic carbocycles. The van der Waals surface area contributed by atoms with Crippen LogP contribution in [0, 0.1) is 6.92 Å². The van der Waals surface area contributed by atoms with Crippen molar-refractivity contribution in [1.82, 2.24) is 9.80 Å². The van der Waals surface area contributed by atoms with Gasteiger partial charge in [0, 0.05) is 32.7 Å². The number of amides is 1. The highest BCUT2D eigenvalue weighted by Crippen LogP contribution is 2.42. The van der Waals surface area contributed by atoms with E-state index in [9.17, 15) is 4.79 Å². The maximum Gasteiger partial charge on any atom is 0.233 e. The Morgan fingerprint density at radius 3 is 2.30 bits per heavy atom. The summed E-state index contributed by atoms with van der Waals surface area (Å²) in [6.45, 7) is 6.74. The van der Waals surface area contributed by atoms with Crippen molar-refractivity contribution in [2.45, 2.75) is 44.6 Å². The highest BCUT2D eigenvalue weighted by atomic mass is 16.2. The second kappa shape index (κ2) is 7.85. The Labute approximate surface area is 163 Å². The third-order valence-electron chi connectivity index (χ3n) is 6.34. The summed E-state index contributed by atoms with van der Waals surface area (Å²) < 4.78 is 0. The zero-order valence-corrected chi connectivity index (χ0v) is 16.4. The lowest BCUT2D eigenvalue weighted by molar-refractivity contribution is -0.139. The number of hydrogen-bond acceptors (Lipinski definition) is 2. The molecule has 2 aromatic carbocycles. The average molecular weight is 363 g/mol. The molecule has 0 unspecified atom stereocenters. The quantitative estimate of drug-likeness (QED) is 0.816. The molecular formula is C24H30N2O. The standard InChI is InChI=1S/C24H30N2O/c1-20-8-7-9-21(18-20)19-25-14-16-26(17-15-25)23(27)24(12-5-6-13-24)22-10-3-2-4-11-22/h2-4,7-11,18H,5-6,12-17,19H2,1H3. The molecule has 0 spiro atoms. The van der Waals surface area contributed by atoms with Crippen molar-refractivity contribution in [2.24, 2.45) is 0 Å². The topological polar surface area (TPSA) is 23.6 Å². The summed E-state index contributed by atoms with van der Waals surface area (Å²) in [6, 6.07) is 19.2. The molecule has 142 valence electrons. The van der Waals surface area contributed by atoms with Crippen LogP contribution in [-0.4, -0.2) is 41.9 Å². The lowest BCUT2D eigenvalue weighted by Gasteiger charge is -2.40. The van der Waals surface area contributed by atoms with Gasteiger partial charge in [0.1, 0.15) is 0 Å². The molecule has 3 heteroatoms. The van der Waals surface area contributed by atoms with Crippen LogP contribution in [0.2, 0.25) is 0 Å². The predicted octanol–water partition coefficient (Wildman–Crippen LogP) is 4.15.